The Hall–Kier alpha value is -3.28. The Morgan fingerprint density at radius 3 is 2.03 bits per heavy atom. The molecule has 0 unspecified atom stereocenters. The lowest BCUT2D eigenvalue weighted by Gasteiger charge is -2.44. The summed E-state index contributed by atoms with van der Waals surface area (Å²) < 4.78 is 5.45. The highest BCUT2D eigenvalue weighted by Gasteiger charge is 2.58. The number of ketones is 2. The molecule has 0 bridgehead atoms. The maximum Gasteiger partial charge on any atom is 0.196 e. The zero-order valence-corrected chi connectivity index (χ0v) is 19.8. The first-order valence-corrected chi connectivity index (χ1v) is 12.0. The van der Waals surface area contributed by atoms with Gasteiger partial charge in [-0.1, -0.05) is 67.6 Å². The first kappa shape index (κ1) is 22.5. The number of fused-ring (bicyclic) bond motifs is 1. The number of benzene rings is 3. The first-order chi connectivity index (χ1) is 16.6. The zero-order valence-electron chi connectivity index (χ0n) is 19.8. The molecule has 0 saturated carbocycles. The Kier molecular flexibility index (Phi) is 6.07. The van der Waals surface area contributed by atoms with Crippen LogP contribution in [0.25, 0.3) is 0 Å². The van der Waals surface area contributed by atoms with Gasteiger partial charge in [0.1, 0.15) is 5.75 Å². The number of hydrogen-bond donors (Lipinski definition) is 0. The van der Waals surface area contributed by atoms with Crippen LogP contribution in [0.2, 0.25) is 0 Å². The molecule has 0 atom stereocenters. The third-order valence-corrected chi connectivity index (χ3v) is 7.30. The van der Waals surface area contributed by atoms with Crippen LogP contribution in [-0.4, -0.2) is 54.7 Å². The SMILES string of the molecule is CCc1ccccc1CN1CCN(C2(c3cccc(OC)c3)C(=O)c3ccccc3C2=O)CC1. The number of nitrogens with zero attached hydrogens (tertiary/aromatic N) is 2. The second-order valence-electron chi connectivity index (χ2n) is 9.03. The van der Waals surface area contributed by atoms with Crippen LogP contribution in [-0.2, 0) is 18.5 Å². The fourth-order valence-corrected chi connectivity index (χ4v) is 5.49. The molecule has 0 radical (unpaired) electrons. The van der Waals surface area contributed by atoms with E-state index in [1.54, 1.807) is 19.2 Å². The van der Waals surface area contributed by atoms with E-state index in [2.05, 4.69) is 41.0 Å². The van der Waals surface area contributed by atoms with Crippen molar-refractivity contribution in [2.75, 3.05) is 33.3 Å². The number of Topliss-reactive ketones (excluding diaryl/α,β-unsaturated/α-hetero) is 2. The summed E-state index contributed by atoms with van der Waals surface area (Å²) in [5, 5.41) is 0. The van der Waals surface area contributed by atoms with Gasteiger partial charge in [0.2, 0.25) is 0 Å². The van der Waals surface area contributed by atoms with Gasteiger partial charge in [-0.15, -0.1) is 0 Å². The number of rotatable bonds is 6. The fraction of sp³-hybridized carbons (Fsp3) is 0.310. The fourth-order valence-electron chi connectivity index (χ4n) is 5.49. The molecule has 5 heteroatoms. The molecule has 34 heavy (non-hydrogen) atoms. The smallest absolute Gasteiger partial charge is 0.196 e. The van der Waals surface area contributed by atoms with E-state index in [9.17, 15) is 9.59 Å². The number of carbonyl (C=O) groups excluding carboxylic acids is 2. The monoisotopic (exact) mass is 454 g/mol. The molecule has 5 rings (SSSR count). The number of piperazine rings is 1. The molecule has 1 saturated heterocycles. The quantitative estimate of drug-likeness (QED) is 0.519. The van der Waals surface area contributed by atoms with Gasteiger partial charge in [-0.25, -0.2) is 0 Å². The van der Waals surface area contributed by atoms with Crippen LogP contribution in [0.5, 0.6) is 5.75 Å². The zero-order chi connectivity index (χ0) is 23.7. The molecule has 2 aliphatic rings. The van der Waals surface area contributed by atoms with Gasteiger partial charge in [-0.05, 0) is 35.2 Å². The van der Waals surface area contributed by atoms with Crippen molar-refractivity contribution in [2.45, 2.75) is 25.4 Å². The van der Waals surface area contributed by atoms with Crippen molar-refractivity contribution in [1.29, 1.82) is 0 Å². The Morgan fingerprint density at radius 2 is 1.41 bits per heavy atom. The summed E-state index contributed by atoms with van der Waals surface area (Å²) in [4.78, 5) is 32.4. The summed E-state index contributed by atoms with van der Waals surface area (Å²) >= 11 is 0. The second kappa shape index (κ2) is 9.16. The minimum atomic E-state index is -1.34. The average Bonchev–Trinajstić information content (AvgIpc) is 3.12. The van der Waals surface area contributed by atoms with Crippen molar-refractivity contribution in [2.24, 2.45) is 0 Å². The average molecular weight is 455 g/mol. The minimum absolute atomic E-state index is 0.133. The van der Waals surface area contributed by atoms with E-state index in [0.29, 0.717) is 35.5 Å². The van der Waals surface area contributed by atoms with Crippen LogP contribution >= 0.6 is 0 Å². The molecule has 5 nitrogen and oxygen atoms in total. The molecule has 0 spiro atoms. The summed E-state index contributed by atoms with van der Waals surface area (Å²) in [6.45, 7) is 5.92. The molecular formula is C29H30N2O3. The molecule has 0 amide bonds. The van der Waals surface area contributed by atoms with Crippen LogP contribution in [0.1, 0.15) is 44.3 Å². The second-order valence-corrected chi connectivity index (χ2v) is 9.03. The van der Waals surface area contributed by atoms with Gasteiger partial charge in [0.05, 0.1) is 7.11 Å². The standard InChI is InChI=1S/C29H30N2O3/c1-3-21-9-4-5-10-22(21)20-30-15-17-31(18-16-30)29(23-11-8-12-24(19-23)34-2)27(32)25-13-6-7-14-26(25)28(29)33/h4-14,19H,3,15-18,20H2,1-2H3. The van der Waals surface area contributed by atoms with Crippen molar-refractivity contribution >= 4 is 11.6 Å². The highest BCUT2D eigenvalue weighted by molar-refractivity contribution is 6.32. The Balaban J connectivity index is 1.47. The van der Waals surface area contributed by atoms with Gasteiger partial charge >= 0.3 is 0 Å². The van der Waals surface area contributed by atoms with Crippen LogP contribution in [0.4, 0.5) is 0 Å². The van der Waals surface area contributed by atoms with Crippen LogP contribution < -0.4 is 4.74 Å². The molecule has 174 valence electrons. The highest BCUT2D eigenvalue weighted by atomic mass is 16.5. The van der Waals surface area contributed by atoms with Crippen LogP contribution in [0.3, 0.4) is 0 Å². The number of methoxy groups -OCH3 is 1. The lowest BCUT2D eigenvalue weighted by atomic mass is 9.82. The van der Waals surface area contributed by atoms with E-state index in [-0.39, 0.29) is 11.6 Å². The van der Waals surface area contributed by atoms with Gasteiger partial charge in [-0.3, -0.25) is 19.4 Å². The van der Waals surface area contributed by atoms with Gasteiger partial charge in [0.15, 0.2) is 17.1 Å². The van der Waals surface area contributed by atoms with E-state index >= 15 is 0 Å². The summed E-state index contributed by atoms with van der Waals surface area (Å²) in [7, 11) is 1.60. The van der Waals surface area contributed by atoms with E-state index in [4.69, 9.17) is 4.74 Å². The number of ether oxygens (including phenoxy) is 1. The number of hydrogen-bond acceptors (Lipinski definition) is 5. The Morgan fingerprint density at radius 1 is 0.794 bits per heavy atom. The molecule has 0 N–H and O–H groups in total. The summed E-state index contributed by atoms with van der Waals surface area (Å²) in [5.74, 6) is 0.375. The van der Waals surface area contributed by atoms with Crippen molar-refractivity contribution in [3.63, 3.8) is 0 Å². The first-order valence-electron chi connectivity index (χ1n) is 12.0. The van der Waals surface area contributed by atoms with E-state index in [1.807, 2.05) is 36.4 Å². The number of aryl methyl sites for hydroxylation is 1. The third-order valence-electron chi connectivity index (χ3n) is 7.30. The highest BCUT2D eigenvalue weighted by Crippen LogP contribution is 2.43. The van der Waals surface area contributed by atoms with Gasteiger partial charge in [0.25, 0.3) is 0 Å². The largest absolute Gasteiger partial charge is 0.497 e. The Bertz CT molecular complexity index is 1190. The predicted molar refractivity (Wildman–Crippen MR) is 132 cm³/mol. The molecule has 1 heterocycles. The minimum Gasteiger partial charge on any atom is -0.497 e. The normalized spacial score (nSPS) is 18.2. The van der Waals surface area contributed by atoms with Crippen molar-refractivity contribution in [1.82, 2.24) is 9.80 Å². The van der Waals surface area contributed by atoms with E-state index in [1.165, 1.54) is 11.1 Å². The van der Waals surface area contributed by atoms with Crippen molar-refractivity contribution in [3.8, 4) is 5.75 Å². The lowest BCUT2D eigenvalue weighted by Crippen LogP contribution is -2.60. The topological polar surface area (TPSA) is 49.9 Å². The van der Waals surface area contributed by atoms with Crippen molar-refractivity contribution in [3.05, 3.63) is 101 Å². The Labute approximate surface area is 201 Å². The van der Waals surface area contributed by atoms with Crippen LogP contribution in [0.15, 0.2) is 72.8 Å². The van der Waals surface area contributed by atoms with Gasteiger partial charge in [0, 0.05) is 43.9 Å². The summed E-state index contributed by atoms with van der Waals surface area (Å²) in [6.07, 6.45) is 1.01. The molecular weight excluding hydrogens is 424 g/mol. The maximum absolute atomic E-state index is 14.0. The van der Waals surface area contributed by atoms with Gasteiger partial charge < -0.3 is 4.74 Å². The molecule has 3 aromatic carbocycles. The molecule has 1 aliphatic heterocycles. The third kappa shape index (κ3) is 3.56. The predicted octanol–water partition coefficient (Wildman–Crippen LogP) is 4.35. The lowest BCUT2D eigenvalue weighted by molar-refractivity contribution is 0.0278. The van der Waals surface area contributed by atoms with Gasteiger partial charge in [-0.2, -0.15) is 0 Å². The maximum atomic E-state index is 14.0. The summed E-state index contributed by atoms with van der Waals surface area (Å²) in [5.41, 5.74) is 3.08. The van der Waals surface area contributed by atoms with Crippen molar-refractivity contribution < 1.29 is 14.3 Å². The molecule has 1 fully saturated rings. The molecule has 0 aromatic heterocycles. The summed E-state index contributed by atoms with van der Waals surface area (Å²) in [6, 6.07) is 23.2. The van der Waals surface area contributed by atoms with E-state index in [0.717, 1.165) is 26.1 Å². The molecule has 3 aromatic rings. The van der Waals surface area contributed by atoms with Crippen LogP contribution in [0, 0.1) is 0 Å². The number of carbonyl (C=O) groups is 2. The molecule has 1 aliphatic carbocycles. The van der Waals surface area contributed by atoms with E-state index < -0.39 is 5.54 Å².